The lowest BCUT2D eigenvalue weighted by Crippen LogP contribution is -2.30. The molecule has 11 heteroatoms. The summed E-state index contributed by atoms with van der Waals surface area (Å²) in [5.41, 5.74) is 0.623. The molecular formula is C26H26N4O5S2. The molecule has 0 unspecified atom stereocenters. The van der Waals surface area contributed by atoms with Crippen LogP contribution >= 0.6 is 11.8 Å². The van der Waals surface area contributed by atoms with Gasteiger partial charge in [0, 0.05) is 29.7 Å². The Bertz CT molecular complexity index is 1380. The highest BCUT2D eigenvalue weighted by Crippen LogP contribution is 2.28. The summed E-state index contributed by atoms with van der Waals surface area (Å²) in [7, 11) is -3.77. The lowest BCUT2D eigenvalue weighted by Gasteiger charge is -2.11. The van der Waals surface area contributed by atoms with Crippen molar-refractivity contribution in [2.75, 3.05) is 18.5 Å². The molecule has 0 radical (unpaired) electrons. The molecule has 1 amide bonds. The third kappa shape index (κ3) is 7.64. The van der Waals surface area contributed by atoms with Crippen LogP contribution in [0.3, 0.4) is 0 Å². The van der Waals surface area contributed by atoms with Gasteiger partial charge < -0.3 is 10.1 Å². The zero-order valence-electron chi connectivity index (χ0n) is 19.9. The fraction of sp³-hybridized carbons (Fsp3) is 0.231. The van der Waals surface area contributed by atoms with Crippen LogP contribution in [0.25, 0.3) is 0 Å². The number of carbonyl (C=O) groups is 2. The number of aromatic nitrogens is 1. The summed E-state index contributed by atoms with van der Waals surface area (Å²) in [6.45, 7) is 0.103. The van der Waals surface area contributed by atoms with Gasteiger partial charge in [-0.2, -0.15) is 0 Å². The molecular weight excluding hydrogens is 512 g/mol. The minimum Gasteiger partial charge on any atom is -0.452 e. The number of ether oxygens (including phenoxy) is 1. The van der Waals surface area contributed by atoms with E-state index < -0.39 is 28.5 Å². The van der Waals surface area contributed by atoms with Gasteiger partial charge in [0.05, 0.1) is 10.5 Å². The molecule has 37 heavy (non-hydrogen) atoms. The fourth-order valence-corrected chi connectivity index (χ4v) is 5.50. The molecule has 0 aliphatic carbocycles. The van der Waals surface area contributed by atoms with E-state index in [4.69, 9.17) is 4.74 Å². The van der Waals surface area contributed by atoms with Crippen molar-refractivity contribution in [1.29, 1.82) is 0 Å². The van der Waals surface area contributed by atoms with Gasteiger partial charge in [-0.05, 0) is 61.4 Å². The van der Waals surface area contributed by atoms with E-state index in [-0.39, 0.29) is 10.5 Å². The SMILES string of the molecule is O=C(COC(=O)c1cccnc1Sc1ccccc1)Nc1ccc(S(=O)(=O)NC2=NCCCCC2)cc1. The van der Waals surface area contributed by atoms with E-state index >= 15 is 0 Å². The first-order chi connectivity index (χ1) is 17.9. The maximum absolute atomic E-state index is 12.7. The van der Waals surface area contributed by atoms with Crippen molar-refractivity contribution in [3.05, 3.63) is 78.5 Å². The van der Waals surface area contributed by atoms with E-state index in [1.165, 1.54) is 36.0 Å². The molecule has 2 aromatic carbocycles. The number of carbonyl (C=O) groups excluding carboxylic acids is 2. The molecule has 0 bridgehead atoms. The minimum absolute atomic E-state index is 0.0592. The van der Waals surface area contributed by atoms with Crippen molar-refractivity contribution in [3.8, 4) is 0 Å². The van der Waals surface area contributed by atoms with Crippen LogP contribution in [0.4, 0.5) is 5.69 Å². The maximum atomic E-state index is 12.7. The van der Waals surface area contributed by atoms with Crippen LogP contribution in [0.1, 0.15) is 36.0 Å². The van der Waals surface area contributed by atoms with E-state index in [0.29, 0.717) is 29.5 Å². The molecule has 1 aliphatic heterocycles. The molecule has 0 saturated carbocycles. The Balaban J connectivity index is 1.31. The highest BCUT2D eigenvalue weighted by molar-refractivity contribution is 7.99. The summed E-state index contributed by atoms with van der Waals surface area (Å²) in [5, 5.41) is 3.07. The molecule has 4 rings (SSSR count). The summed E-state index contributed by atoms with van der Waals surface area (Å²) >= 11 is 1.32. The number of esters is 1. The number of amides is 1. The van der Waals surface area contributed by atoms with Crippen molar-refractivity contribution in [2.24, 2.45) is 4.99 Å². The van der Waals surface area contributed by atoms with Gasteiger partial charge in [0.15, 0.2) is 6.61 Å². The van der Waals surface area contributed by atoms with Crippen LogP contribution in [0.2, 0.25) is 0 Å². The zero-order valence-corrected chi connectivity index (χ0v) is 21.6. The first-order valence-corrected chi connectivity index (χ1v) is 14.0. The number of rotatable bonds is 8. The molecule has 192 valence electrons. The summed E-state index contributed by atoms with van der Waals surface area (Å²) in [6.07, 6.45) is 5.04. The van der Waals surface area contributed by atoms with Gasteiger partial charge in [-0.1, -0.05) is 36.4 Å². The highest BCUT2D eigenvalue weighted by Gasteiger charge is 2.19. The molecule has 9 nitrogen and oxygen atoms in total. The number of amidine groups is 1. The Hall–Kier alpha value is -3.70. The number of sulfonamides is 1. The van der Waals surface area contributed by atoms with Crippen LogP contribution in [0.15, 0.2) is 92.7 Å². The number of nitrogens with zero attached hydrogens (tertiary/aromatic N) is 2. The lowest BCUT2D eigenvalue weighted by atomic mass is 10.2. The molecule has 1 aliphatic rings. The van der Waals surface area contributed by atoms with Crippen molar-refractivity contribution in [2.45, 2.75) is 40.5 Å². The molecule has 3 aromatic rings. The molecule has 0 atom stereocenters. The van der Waals surface area contributed by atoms with Gasteiger partial charge in [0.2, 0.25) is 0 Å². The smallest absolute Gasteiger partial charge is 0.341 e. The van der Waals surface area contributed by atoms with Gasteiger partial charge in [0.1, 0.15) is 10.9 Å². The largest absolute Gasteiger partial charge is 0.452 e. The number of hydrogen-bond donors (Lipinski definition) is 2. The lowest BCUT2D eigenvalue weighted by molar-refractivity contribution is -0.119. The summed E-state index contributed by atoms with van der Waals surface area (Å²) in [5.74, 6) is -0.762. The van der Waals surface area contributed by atoms with E-state index in [1.54, 1.807) is 18.3 Å². The standard InChI is InChI=1S/C26H26N4O5S2/c31-24(18-35-26(32)22-10-7-17-28-25(22)36-20-8-3-1-4-9-20)29-19-12-14-21(15-13-19)37(33,34)30-23-11-5-2-6-16-27-23/h1,3-4,7-10,12-15,17H,2,5-6,11,16,18H2,(H,27,30)(H,29,31). The molecule has 2 heterocycles. The monoisotopic (exact) mass is 538 g/mol. The third-order valence-corrected chi connectivity index (χ3v) is 7.78. The Morgan fingerprint density at radius 2 is 1.73 bits per heavy atom. The molecule has 0 fully saturated rings. The topological polar surface area (TPSA) is 127 Å². The minimum atomic E-state index is -3.77. The van der Waals surface area contributed by atoms with Crippen molar-refractivity contribution in [1.82, 2.24) is 9.71 Å². The van der Waals surface area contributed by atoms with Crippen molar-refractivity contribution in [3.63, 3.8) is 0 Å². The molecule has 0 saturated heterocycles. The number of anilines is 1. The highest BCUT2D eigenvalue weighted by atomic mass is 32.2. The van der Waals surface area contributed by atoms with Gasteiger partial charge in [0.25, 0.3) is 15.9 Å². The second-order valence-electron chi connectivity index (χ2n) is 8.16. The van der Waals surface area contributed by atoms with E-state index in [0.717, 1.165) is 24.2 Å². The summed E-state index contributed by atoms with van der Waals surface area (Å²) in [6, 6.07) is 18.4. The normalized spacial score (nSPS) is 13.7. The molecule has 0 spiro atoms. The predicted molar refractivity (Wildman–Crippen MR) is 141 cm³/mol. The third-order valence-electron chi connectivity index (χ3n) is 5.36. The molecule has 1 aromatic heterocycles. The van der Waals surface area contributed by atoms with Crippen molar-refractivity contribution < 1.29 is 22.7 Å². The van der Waals surface area contributed by atoms with Gasteiger partial charge in [-0.15, -0.1) is 0 Å². The zero-order chi connectivity index (χ0) is 26.1. The van der Waals surface area contributed by atoms with E-state index in [1.807, 2.05) is 30.3 Å². The van der Waals surface area contributed by atoms with Crippen LogP contribution in [-0.2, 0) is 19.6 Å². The van der Waals surface area contributed by atoms with Crippen LogP contribution in [-0.4, -0.2) is 44.3 Å². The Labute approximate surface area is 219 Å². The second kappa shape index (κ2) is 12.5. The first kappa shape index (κ1) is 26.4. The van der Waals surface area contributed by atoms with Crippen LogP contribution < -0.4 is 10.0 Å². The summed E-state index contributed by atoms with van der Waals surface area (Å²) in [4.78, 5) is 34.5. The van der Waals surface area contributed by atoms with Gasteiger partial charge in [-0.3, -0.25) is 14.5 Å². The number of benzene rings is 2. The average Bonchev–Trinajstić information content (AvgIpc) is 3.17. The van der Waals surface area contributed by atoms with Crippen LogP contribution in [0.5, 0.6) is 0 Å². The van der Waals surface area contributed by atoms with E-state index in [2.05, 4.69) is 20.0 Å². The Morgan fingerprint density at radius 3 is 2.51 bits per heavy atom. The Morgan fingerprint density at radius 1 is 0.946 bits per heavy atom. The van der Waals surface area contributed by atoms with Crippen LogP contribution in [0, 0.1) is 0 Å². The number of pyridine rings is 1. The van der Waals surface area contributed by atoms with Gasteiger partial charge >= 0.3 is 5.97 Å². The summed E-state index contributed by atoms with van der Waals surface area (Å²) < 4.78 is 33.1. The predicted octanol–water partition coefficient (Wildman–Crippen LogP) is 4.28. The number of aliphatic imine (C=N–C) groups is 1. The Kier molecular flexibility index (Phi) is 8.91. The fourth-order valence-electron chi connectivity index (χ4n) is 3.52. The molecule has 2 N–H and O–H groups in total. The van der Waals surface area contributed by atoms with Gasteiger partial charge in [-0.25, -0.2) is 18.2 Å². The average molecular weight is 539 g/mol. The number of hydrogen-bond acceptors (Lipinski definition) is 8. The number of nitrogens with one attached hydrogen (secondary N) is 2. The quantitative estimate of drug-likeness (QED) is 0.410. The van der Waals surface area contributed by atoms with Crippen molar-refractivity contribution >= 4 is 45.2 Å². The second-order valence-corrected chi connectivity index (χ2v) is 10.9. The first-order valence-electron chi connectivity index (χ1n) is 11.7. The maximum Gasteiger partial charge on any atom is 0.341 e. The van der Waals surface area contributed by atoms with E-state index in [9.17, 15) is 18.0 Å².